The van der Waals surface area contributed by atoms with Gasteiger partial charge < -0.3 is 10.1 Å². The summed E-state index contributed by atoms with van der Waals surface area (Å²) in [5, 5.41) is 3.50. The van der Waals surface area contributed by atoms with E-state index >= 15 is 0 Å². The topological polar surface area (TPSA) is 24.5 Å². The summed E-state index contributed by atoms with van der Waals surface area (Å²) in [4.78, 5) is 2.60. The van der Waals surface area contributed by atoms with Gasteiger partial charge >= 0.3 is 0 Å². The fourth-order valence-electron chi connectivity index (χ4n) is 2.86. The molecule has 1 atom stereocenters. The summed E-state index contributed by atoms with van der Waals surface area (Å²) in [7, 11) is 1.75. The molecule has 3 nitrogen and oxygen atoms in total. The van der Waals surface area contributed by atoms with Gasteiger partial charge in [0.05, 0.1) is 6.61 Å². The molecule has 0 aromatic heterocycles. The summed E-state index contributed by atoms with van der Waals surface area (Å²) in [6, 6.07) is 11.2. The summed E-state index contributed by atoms with van der Waals surface area (Å²) in [5.41, 5.74) is 1.28. The zero-order chi connectivity index (χ0) is 14.8. The minimum atomic E-state index is 0.663. The van der Waals surface area contributed by atoms with Crippen molar-refractivity contribution in [2.75, 3.05) is 39.9 Å². The lowest BCUT2D eigenvalue weighted by atomic mass is 10.0. The zero-order valence-electron chi connectivity index (χ0n) is 13.1. The van der Waals surface area contributed by atoms with Crippen LogP contribution in [0.1, 0.15) is 24.8 Å². The molecule has 0 spiro atoms. The Bertz CT molecular complexity index is 405. The number of piperidine rings is 1. The van der Waals surface area contributed by atoms with Gasteiger partial charge in [-0.1, -0.05) is 48.9 Å². The Labute approximate surface area is 129 Å². The number of benzene rings is 1. The van der Waals surface area contributed by atoms with E-state index in [2.05, 4.69) is 52.7 Å². The van der Waals surface area contributed by atoms with Crippen molar-refractivity contribution in [3.8, 4) is 0 Å². The zero-order valence-corrected chi connectivity index (χ0v) is 13.1. The highest BCUT2D eigenvalue weighted by molar-refractivity contribution is 5.48. The Balaban J connectivity index is 1.77. The van der Waals surface area contributed by atoms with E-state index in [0.717, 1.165) is 26.2 Å². The van der Waals surface area contributed by atoms with E-state index in [1.165, 1.54) is 31.4 Å². The molecule has 1 aliphatic rings. The maximum atomic E-state index is 5.08. The summed E-state index contributed by atoms with van der Waals surface area (Å²) >= 11 is 0. The number of hydrogen-bond donors (Lipinski definition) is 1. The molecule has 1 fully saturated rings. The van der Waals surface area contributed by atoms with E-state index in [1.54, 1.807) is 7.11 Å². The Hall–Kier alpha value is -1.16. The quantitative estimate of drug-likeness (QED) is 0.745. The van der Waals surface area contributed by atoms with Crippen LogP contribution in [0.25, 0.3) is 6.08 Å². The van der Waals surface area contributed by atoms with Crippen molar-refractivity contribution in [1.82, 2.24) is 10.2 Å². The molecule has 1 N–H and O–H groups in total. The maximum Gasteiger partial charge on any atom is 0.0587 e. The van der Waals surface area contributed by atoms with Crippen molar-refractivity contribution in [2.24, 2.45) is 0 Å². The van der Waals surface area contributed by atoms with Crippen molar-refractivity contribution in [3.63, 3.8) is 0 Å². The Morgan fingerprint density at radius 1 is 1.29 bits per heavy atom. The molecule has 1 unspecified atom stereocenters. The SMILES string of the molecule is COCCNCC1CCCCN1CC=Cc1ccccc1. The van der Waals surface area contributed by atoms with Gasteiger partial charge in [-0.25, -0.2) is 0 Å². The second-order valence-electron chi connectivity index (χ2n) is 5.65. The van der Waals surface area contributed by atoms with E-state index in [-0.39, 0.29) is 0 Å². The van der Waals surface area contributed by atoms with Crippen LogP contribution in [-0.2, 0) is 4.74 Å². The third-order valence-corrected chi connectivity index (χ3v) is 4.06. The van der Waals surface area contributed by atoms with Gasteiger partial charge in [-0.05, 0) is 24.9 Å². The van der Waals surface area contributed by atoms with Crippen LogP contribution < -0.4 is 5.32 Å². The molecule has 1 saturated heterocycles. The number of nitrogens with zero attached hydrogens (tertiary/aromatic N) is 1. The van der Waals surface area contributed by atoms with Crippen LogP contribution in [0.3, 0.4) is 0 Å². The van der Waals surface area contributed by atoms with E-state index in [9.17, 15) is 0 Å². The first-order valence-corrected chi connectivity index (χ1v) is 8.05. The number of methoxy groups -OCH3 is 1. The lowest BCUT2D eigenvalue weighted by Crippen LogP contribution is -2.45. The minimum Gasteiger partial charge on any atom is -0.383 e. The monoisotopic (exact) mass is 288 g/mol. The summed E-state index contributed by atoms with van der Waals surface area (Å²) in [6.07, 6.45) is 8.51. The van der Waals surface area contributed by atoms with Crippen LogP contribution in [0.2, 0.25) is 0 Å². The molecule has 0 amide bonds. The molecular weight excluding hydrogens is 260 g/mol. The van der Waals surface area contributed by atoms with Crippen LogP contribution in [0.5, 0.6) is 0 Å². The van der Waals surface area contributed by atoms with E-state index in [0.29, 0.717) is 6.04 Å². The molecule has 2 rings (SSSR count). The summed E-state index contributed by atoms with van der Waals surface area (Å²) in [6.45, 7) is 5.07. The van der Waals surface area contributed by atoms with E-state index in [1.807, 2.05) is 0 Å². The highest BCUT2D eigenvalue weighted by Crippen LogP contribution is 2.16. The highest BCUT2D eigenvalue weighted by Gasteiger charge is 2.20. The standard InChI is InChI=1S/C18H28N2O/c1-21-15-12-19-16-18-11-5-6-13-20(18)14-7-10-17-8-3-2-4-9-17/h2-4,7-10,18-19H,5-6,11-16H2,1H3. The molecule has 3 heteroatoms. The van der Waals surface area contributed by atoms with Crippen molar-refractivity contribution in [1.29, 1.82) is 0 Å². The third kappa shape index (κ3) is 6.00. The largest absolute Gasteiger partial charge is 0.383 e. The van der Waals surface area contributed by atoms with Gasteiger partial charge in [-0.2, -0.15) is 0 Å². The molecule has 1 aliphatic heterocycles. The van der Waals surface area contributed by atoms with Gasteiger partial charge in [-0.15, -0.1) is 0 Å². The van der Waals surface area contributed by atoms with Gasteiger partial charge in [-0.3, -0.25) is 4.90 Å². The van der Waals surface area contributed by atoms with E-state index in [4.69, 9.17) is 4.74 Å². The average Bonchev–Trinajstić information content (AvgIpc) is 2.54. The predicted octanol–water partition coefficient (Wildman–Crippen LogP) is 2.79. The van der Waals surface area contributed by atoms with Crippen LogP contribution >= 0.6 is 0 Å². The van der Waals surface area contributed by atoms with Gasteiger partial charge in [0, 0.05) is 32.8 Å². The fourth-order valence-corrected chi connectivity index (χ4v) is 2.86. The molecule has 0 saturated carbocycles. The second-order valence-corrected chi connectivity index (χ2v) is 5.65. The van der Waals surface area contributed by atoms with Gasteiger partial charge in [0.15, 0.2) is 0 Å². The van der Waals surface area contributed by atoms with Gasteiger partial charge in [0.1, 0.15) is 0 Å². The molecule has 0 radical (unpaired) electrons. The number of likely N-dealkylation sites (tertiary alicyclic amines) is 1. The van der Waals surface area contributed by atoms with Crippen LogP contribution in [-0.4, -0.2) is 50.8 Å². The maximum absolute atomic E-state index is 5.08. The lowest BCUT2D eigenvalue weighted by molar-refractivity contribution is 0.154. The fraction of sp³-hybridized carbons (Fsp3) is 0.556. The number of rotatable bonds is 8. The molecule has 1 aromatic rings. The van der Waals surface area contributed by atoms with E-state index < -0.39 is 0 Å². The highest BCUT2D eigenvalue weighted by atomic mass is 16.5. The number of ether oxygens (including phenoxy) is 1. The van der Waals surface area contributed by atoms with Crippen LogP contribution in [0.15, 0.2) is 36.4 Å². The molecule has 116 valence electrons. The van der Waals surface area contributed by atoms with Crippen LogP contribution in [0.4, 0.5) is 0 Å². The summed E-state index contributed by atoms with van der Waals surface area (Å²) < 4.78 is 5.08. The minimum absolute atomic E-state index is 0.663. The van der Waals surface area contributed by atoms with Gasteiger partial charge in [0.25, 0.3) is 0 Å². The number of nitrogens with one attached hydrogen (secondary N) is 1. The first-order valence-electron chi connectivity index (χ1n) is 8.05. The van der Waals surface area contributed by atoms with Gasteiger partial charge in [0.2, 0.25) is 0 Å². The number of hydrogen-bond acceptors (Lipinski definition) is 3. The molecule has 0 aliphatic carbocycles. The van der Waals surface area contributed by atoms with Crippen molar-refractivity contribution in [3.05, 3.63) is 42.0 Å². The molecule has 0 bridgehead atoms. The van der Waals surface area contributed by atoms with Crippen LogP contribution in [0, 0.1) is 0 Å². The predicted molar refractivity (Wildman–Crippen MR) is 89.4 cm³/mol. The lowest BCUT2D eigenvalue weighted by Gasteiger charge is -2.35. The Morgan fingerprint density at radius 2 is 2.14 bits per heavy atom. The average molecular weight is 288 g/mol. The normalized spacial score (nSPS) is 20.1. The smallest absolute Gasteiger partial charge is 0.0587 e. The second kappa shape index (κ2) is 9.72. The molecule has 1 heterocycles. The first kappa shape index (κ1) is 16.2. The third-order valence-electron chi connectivity index (χ3n) is 4.06. The van der Waals surface area contributed by atoms with Crippen molar-refractivity contribution in [2.45, 2.75) is 25.3 Å². The van der Waals surface area contributed by atoms with Crippen molar-refractivity contribution < 1.29 is 4.74 Å². The Kier molecular flexibility index (Phi) is 7.50. The Morgan fingerprint density at radius 3 is 2.95 bits per heavy atom. The van der Waals surface area contributed by atoms with Crippen molar-refractivity contribution >= 4 is 6.08 Å². The summed E-state index contributed by atoms with van der Waals surface area (Å²) in [5.74, 6) is 0. The molecule has 21 heavy (non-hydrogen) atoms. The first-order chi connectivity index (χ1) is 10.4. The molecular formula is C18H28N2O. The molecule has 1 aromatic carbocycles.